The van der Waals surface area contributed by atoms with Gasteiger partial charge in [0, 0.05) is 7.05 Å². The summed E-state index contributed by atoms with van der Waals surface area (Å²) in [5.74, 6) is -1.29. The molecule has 0 aliphatic heterocycles. The molecule has 0 fully saturated rings. The van der Waals surface area contributed by atoms with Gasteiger partial charge in [-0.25, -0.2) is 13.8 Å². The molecule has 1 atom stereocenters. The average Bonchev–Trinajstić information content (AvgIpc) is 3.20. The number of rotatable bonds is 7. The van der Waals surface area contributed by atoms with E-state index in [0.717, 1.165) is 17.7 Å². The highest BCUT2D eigenvalue weighted by Gasteiger charge is 2.19. The first kappa shape index (κ1) is 20.7. The molecule has 0 saturated heterocycles. The van der Waals surface area contributed by atoms with Crippen LogP contribution in [0.3, 0.4) is 0 Å². The Morgan fingerprint density at radius 2 is 1.93 bits per heavy atom. The van der Waals surface area contributed by atoms with Gasteiger partial charge in [0.25, 0.3) is 0 Å². The van der Waals surface area contributed by atoms with Gasteiger partial charge in [0.15, 0.2) is 11.6 Å². The molecular formula is C21H20F2N4OS. The number of carbonyl (C=O) groups excluding carboxylic acids is 1. The van der Waals surface area contributed by atoms with E-state index >= 15 is 0 Å². The fraction of sp³-hybridized carbons (Fsp3) is 0.190. The van der Waals surface area contributed by atoms with Gasteiger partial charge in [0.1, 0.15) is 5.82 Å². The van der Waals surface area contributed by atoms with Crippen molar-refractivity contribution < 1.29 is 13.6 Å². The van der Waals surface area contributed by atoms with Crippen molar-refractivity contribution in [1.29, 1.82) is 0 Å². The largest absolute Gasteiger partial charge is 0.338 e. The highest BCUT2D eigenvalue weighted by Crippen LogP contribution is 2.22. The van der Waals surface area contributed by atoms with Crippen molar-refractivity contribution in [3.05, 3.63) is 77.1 Å². The summed E-state index contributed by atoms with van der Waals surface area (Å²) in [5.41, 5.74) is 1.57. The second-order valence-corrected chi connectivity index (χ2v) is 7.33. The lowest BCUT2D eigenvalue weighted by Crippen LogP contribution is -2.31. The van der Waals surface area contributed by atoms with E-state index in [9.17, 15) is 13.6 Å². The van der Waals surface area contributed by atoms with E-state index in [1.807, 2.05) is 42.5 Å². The van der Waals surface area contributed by atoms with E-state index in [1.165, 1.54) is 22.7 Å². The molecule has 0 radical (unpaired) electrons. The van der Waals surface area contributed by atoms with Crippen LogP contribution in [-0.4, -0.2) is 38.8 Å². The summed E-state index contributed by atoms with van der Waals surface area (Å²) in [6.45, 7) is 1.76. The number of thioether (sulfide) groups is 1. The number of hydrogen-bond donors (Lipinski definition) is 1. The Bertz CT molecular complexity index is 1010. The molecule has 150 valence electrons. The molecule has 5 nitrogen and oxygen atoms in total. The predicted molar refractivity (Wildman–Crippen MR) is 110 cm³/mol. The minimum Gasteiger partial charge on any atom is -0.338 e. The number of amides is 1. The summed E-state index contributed by atoms with van der Waals surface area (Å²) in [7, 11) is 1.63. The quantitative estimate of drug-likeness (QED) is 0.576. The summed E-state index contributed by atoms with van der Waals surface area (Å²) >= 11 is 1.20. The fourth-order valence-corrected chi connectivity index (χ4v) is 3.31. The maximum absolute atomic E-state index is 13.4. The Morgan fingerprint density at radius 1 is 1.17 bits per heavy atom. The number of aromatic amines is 1. The molecule has 0 aliphatic carbocycles. The number of halogens is 2. The van der Waals surface area contributed by atoms with Gasteiger partial charge in [-0.1, -0.05) is 54.2 Å². The van der Waals surface area contributed by atoms with Gasteiger partial charge in [-0.2, -0.15) is 0 Å². The zero-order valence-electron chi connectivity index (χ0n) is 16.0. The SMILES string of the molecule is CC(c1ccc(F)c(F)c1)N(C)C(=O)CSc1n[nH]c(/C=C/c2ccccc2)n1. The lowest BCUT2D eigenvalue weighted by molar-refractivity contribution is -0.128. The van der Waals surface area contributed by atoms with Gasteiger partial charge in [0.2, 0.25) is 11.1 Å². The standard InChI is InChI=1S/C21H20F2N4OS/c1-14(16-9-10-17(22)18(23)12-16)27(2)20(28)13-29-21-24-19(25-26-21)11-8-15-6-4-3-5-7-15/h3-12,14H,13H2,1-2H3,(H,24,25,26)/b11-8+. The van der Waals surface area contributed by atoms with Crippen molar-refractivity contribution in [2.45, 2.75) is 18.1 Å². The third-order valence-electron chi connectivity index (χ3n) is 4.44. The highest BCUT2D eigenvalue weighted by atomic mass is 32.2. The van der Waals surface area contributed by atoms with E-state index in [0.29, 0.717) is 16.5 Å². The molecule has 0 spiro atoms. The average molecular weight is 414 g/mol. The monoisotopic (exact) mass is 414 g/mol. The number of hydrogen-bond acceptors (Lipinski definition) is 4. The van der Waals surface area contributed by atoms with Gasteiger partial charge in [-0.3, -0.25) is 9.89 Å². The van der Waals surface area contributed by atoms with Crippen molar-refractivity contribution in [2.24, 2.45) is 0 Å². The van der Waals surface area contributed by atoms with Crippen molar-refractivity contribution in [3.63, 3.8) is 0 Å². The van der Waals surface area contributed by atoms with E-state index in [2.05, 4.69) is 15.2 Å². The van der Waals surface area contributed by atoms with Crippen molar-refractivity contribution in [3.8, 4) is 0 Å². The van der Waals surface area contributed by atoms with Crippen LogP contribution >= 0.6 is 11.8 Å². The van der Waals surface area contributed by atoms with Crippen LogP contribution in [0.1, 0.15) is 29.9 Å². The maximum Gasteiger partial charge on any atom is 0.233 e. The van der Waals surface area contributed by atoms with Gasteiger partial charge in [0.05, 0.1) is 11.8 Å². The smallest absolute Gasteiger partial charge is 0.233 e. The van der Waals surface area contributed by atoms with E-state index in [4.69, 9.17) is 0 Å². The van der Waals surface area contributed by atoms with Crippen LogP contribution < -0.4 is 0 Å². The molecule has 0 bridgehead atoms. The molecule has 0 saturated carbocycles. The summed E-state index contributed by atoms with van der Waals surface area (Å²) < 4.78 is 26.5. The molecular weight excluding hydrogens is 394 g/mol. The number of benzene rings is 2. The second kappa shape index (κ2) is 9.47. The number of nitrogens with one attached hydrogen (secondary N) is 1. The first-order valence-electron chi connectivity index (χ1n) is 8.93. The Balaban J connectivity index is 1.55. The molecule has 2 aromatic carbocycles. The molecule has 1 heterocycles. The van der Waals surface area contributed by atoms with Gasteiger partial charge in [-0.05, 0) is 36.3 Å². The van der Waals surface area contributed by atoms with E-state index in [-0.39, 0.29) is 11.7 Å². The Morgan fingerprint density at radius 3 is 2.66 bits per heavy atom. The molecule has 1 aromatic heterocycles. The van der Waals surface area contributed by atoms with Crippen LogP contribution in [-0.2, 0) is 4.79 Å². The molecule has 0 aliphatic rings. The van der Waals surface area contributed by atoms with Crippen LogP contribution in [0, 0.1) is 11.6 Å². The zero-order chi connectivity index (χ0) is 20.8. The summed E-state index contributed by atoms with van der Waals surface area (Å²) in [5, 5.41) is 7.37. The molecule has 1 N–H and O–H groups in total. The normalized spacial score (nSPS) is 12.3. The molecule has 3 aromatic rings. The van der Waals surface area contributed by atoms with Gasteiger partial charge >= 0.3 is 0 Å². The Labute approximate surface area is 171 Å². The number of aromatic nitrogens is 3. The lowest BCUT2D eigenvalue weighted by Gasteiger charge is -2.25. The molecule has 3 rings (SSSR count). The Hall–Kier alpha value is -3.00. The van der Waals surface area contributed by atoms with Crippen molar-refractivity contribution >= 4 is 29.8 Å². The van der Waals surface area contributed by atoms with E-state index in [1.54, 1.807) is 14.0 Å². The second-order valence-electron chi connectivity index (χ2n) is 6.39. The van der Waals surface area contributed by atoms with Crippen LogP contribution in [0.15, 0.2) is 53.7 Å². The molecule has 8 heteroatoms. The first-order chi connectivity index (χ1) is 13.9. The zero-order valence-corrected chi connectivity index (χ0v) is 16.8. The number of H-pyrrole nitrogens is 1. The maximum atomic E-state index is 13.4. The minimum absolute atomic E-state index is 0.129. The summed E-state index contributed by atoms with van der Waals surface area (Å²) in [4.78, 5) is 18.3. The molecule has 29 heavy (non-hydrogen) atoms. The topological polar surface area (TPSA) is 61.9 Å². The van der Waals surface area contributed by atoms with Crippen LogP contribution in [0.4, 0.5) is 8.78 Å². The lowest BCUT2D eigenvalue weighted by atomic mass is 10.1. The fourth-order valence-electron chi connectivity index (χ4n) is 2.58. The first-order valence-corrected chi connectivity index (χ1v) is 9.91. The van der Waals surface area contributed by atoms with Crippen LogP contribution in [0.5, 0.6) is 0 Å². The highest BCUT2D eigenvalue weighted by molar-refractivity contribution is 7.99. The van der Waals surface area contributed by atoms with Crippen LogP contribution in [0.2, 0.25) is 0 Å². The molecule has 1 unspecified atom stereocenters. The predicted octanol–water partition coefficient (Wildman–Crippen LogP) is 4.57. The minimum atomic E-state index is -0.929. The van der Waals surface area contributed by atoms with Gasteiger partial charge < -0.3 is 4.90 Å². The summed E-state index contributed by atoms with van der Waals surface area (Å²) in [6.07, 6.45) is 3.73. The number of nitrogens with zero attached hydrogens (tertiary/aromatic N) is 3. The van der Waals surface area contributed by atoms with Crippen molar-refractivity contribution in [1.82, 2.24) is 20.1 Å². The van der Waals surface area contributed by atoms with Crippen molar-refractivity contribution in [2.75, 3.05) is 12.8 Å². The van der Waals surface area contributed by atoms with Crippen LogP contribution in [0.25, 0.3) is 12.2 Å². The number of carbonyl (C=O) groups is 1. The third-order valence-corrected chi connectivity index (χ3v) is 5.27. The summed E-state index contributed by atoms with van der Waals surface area (Å²) in [6, 6.07) is 13.0. The Kier molecular flexibility index (Phi) is 6.77. The van der Waals surface area contributed by atoms with Gasteiger partial charge in [-0.15, -0.1) is 5.10 Å². The molecule has 1 amide bonds. The third kappa shape index (κ3) is 5.51. The van der Waals surface area contributed by atoms with E-state index < -0.39 is 17.7 Å².